The predicted molar refractivity (Wildman–Crippen MR) is 125 cm³/mol. The maximum atomic E-state index is 12.7. The molecule has 1 aromatic heterocycles. The van der Waals surface area contributed by atoms with Gasteiger partial charge in [-0.15, -0.1) is 11.3 Å². The fourth-order valence-electron chi connectivity index (χ4n) is 2.98. The number of hydrogen-bond donors (Lipinski definition) is 1. The number of halogens is 1. The van der Waals surface area contributed by atoms with Crippen LogP contribution < -0.4 is 10.1 Å². The van der Waals surface area contributed by atoms with E-state index in [4.69, 9.17) is 21.1 Å². The highest BCUT2D eigenvalue weighted by molar-refractivity contribution is 7.15. The van der Waals surface area contributed by atoms with Gasteiger partial charge in [0, 0.05) is 10.9 Å². The number of benzene rings is 2. The monoisotopic (exact) mass is 457 g/mol. The van der Waals surface area contributed by atoms with Gasteiger partial charge in [-0.2, -0.15) is 0 Å². The van der Waals surface area contributed by atoms with Crippen LogP contribution in [0.5, 0.6) is 5.75 Å². The van der Waals surface area contributed by atoms with E-state index in [1.54, 1.807) is 31.2 Å². The van der Waals surface area contributed by atoms with Gasteiger partial charge in [-0.1, -0.05) is 61.8 Å². The zero-order valence-electron chi connectivity index (χ0n) is 17.6. The molecule has 1 N–H and O–H groups in total. The largest absolute Gasteiger partial charge is 0.482 e. The Morgan fingerprint density at radius 1 is 1.10 bits per heavy atom. The number of para-hydroxylation sites is 1. The lowest BCUT2D eigenvalue weighted by Gasteiger charge is -2.11. The molecule has 0 saturated carbocycles. The fourth-order valence-corrected chi connectivity index (χ4v) is 4.15. The summed E-state index contributed by atoms with van der Waals surface area (Å²) < 4.78 is 10.7. The lowest BCUT2D eigenvalue weighted by atomic mass is 9.98. The highest BCUT2D eigenvalue weighted by atomic mass is 35.5. The van der Waals surface area contributed by atoms with Crippen molar-refractivity contribution < 1.29 is 19.1 Å². The van der Waals surface area contributed by atoms with Gasteiger partial charge >= 0.3 is 5.97 Å². The number of amides is 1. The molecule has 0 aliphatic carbocycles. The summed E-state index contributed by atoms with van der Waals surface area (Å²) in [6.45, 7) is 6.01. The van der Waals surface area contributed by atoms with Crippen molar-refractivity contribution in [3.8, 4) is 16.9 Å². The second-order valence-electron chi connectivity index (χ2n) is 7.12. The Kier molecular flexibility index (Phi) is 7.71. The van der Waals surface area contributed by atoms with Gasteiger partial charge in [0.25, 0.3) is 5.91 Å². The van der Waals surface area contributed by atoms with Crippen molar-refractivity contribution >= 4 is 39.8 Å². The second-order valence-corrected chi connectivity index (χ2v) is 8.40. The molecule has 0 saturated heterocycles. The van der Waals surface area contributed by atoms with Crippen molar-refractivity contribution in [3.05, 3.63) is 70.1 Å². The molecule has 0 bridgehead atoms. The molecule has 0 atom stereocenters. The summed E-state index contributed by atoms with van der Waals surface area (Å²) in [5, 5.41) is 5.47. The Balaban J connectivity index is 1.82. The van der Waals surface area contributed by atoms with Crippen LogP contribution in [0.1, 0.15) is 42.6 Å². The SMILES string of the molecule is CCOC(=O)c1c(-c2ccc(C(C)C)cc2)csc1NC(=O)COc1ccccc1Cl. The average Bonchev–Trinajstić information content (AvgIpc) is 3.17. The van der Waals surface area contributed by atoms with Crippen molar-refractivity contribution in [2.75, 3.05) is 18.5 Å². The molecule has 31 heavy (non-hydrogen) atoms. The average molecular weight is 458 g/mol. The molecule has 3 aromatic rings. The van der Waals surface area contributed by atoms with E-state index >= 15 is 0 Å². The van der Waals surface area contributed by atoms with Crippen LogP contribution in [-0.2, 0) is 9.53 Å². The molecule has 1 amide bonds. The van der Waals surface area contributed by atoms with Gasteiger partial charge in [0.15, 0.2) is 6.61 Å². The summed E-state index contributed by atoms with van der Waals surface area (Å²) in [4.78, 5) is 25.2. The van der Waals surface area contributed by atoms with E-state index in [0.29, 0.717) is 27.3 Å². The molecular formula is C24H24ClNO4S. The van der Waals surface area contributed by atoms with Crippen molar-refractivity contribution in [3.63, 3.8) is 0 Å². The number of thiophene rings is 1. The van der Waals surface area contributed by atoms with Crippen LogP contribution in [0, 0.1) is 0 Å². The predicted octanol–water partition coefficient (Wildman–Crippen LogP) is 6.39. The molecule has 0 fully saturated rings. The van der Waals surface area contributed by atoms with Gasteiger partial charge in [-0.3, -0.25) is 4.79 Å². The van der Waals surface area contributed by atoms with Crippen LogP contribution in [0.3, 0.4) is 0 Å². The van der Waals surface area contributed by atoms with Crippen molar-refractivity contribution in [1.29, 1.82) is 0 Å². The number of esters is 1. The van der Waals surface area contributed by atoms with E-state index in [1.165, 1.54) is 16.9 Å². The Labute approximate surface area is 191 Å². The third kappa shape index (κ3) is 5.66. The second kappa shape index (κ2) is 10.5. The standard InChI is InChI=1S/C24H24ClNO4S/c1-4-29-24(28)22-18(17-11-9-16(10-12-17)15(2)3)14-31-23(22)26-21(27)13-30-20-8-6-5-7-19(20)25/h5-12,14-15H,4,13H2,1-3H3,(H,26,27). The molecular weight excluding hydrogens is 434 g/mol. The Bertz CT molecular complexity index is 1060. The first-order valence-corrected chi connectivity index (χ1v) is 11.2. The number of hydrogen-bond acceptors (Lipinski definition) is 5. The van der Waals surface area contributed by atoms with Gasteiger partial charge < -0.3 is 14.8 Å². The van der Waals surface area contributed by atoms with Crippen LogP contribution >= 0.6 is 22.9 Å². The lowest BCUT2D eigenvalue weighted by Crippen LogP contribution is -2.21. The molecule has 162 valence electrons. The molecule has 3 rings (SSSR count). The molecule has 7 heteroatoms. The molecule has 0 aliphatic rings. The topological polar surface area (TPSA) is 64.6 Å². The summed E-state index contributed by atoms with van der Waals surface area (Å²) in [7, 11) is 0. The zero-order valence-corrected chi connectivity index (χ0v) is 19.2. The first kappa shape index (κ1) is 22.8. The molecule has 2 aromatic carbocycles. The van der Waals surface area contributed by atoms with E-state index in [1.807, 2.05) is 29.6 Å². The van der Waals surface area contributed by atoms with Gasteiger partial charge in [0.05, 0.1) is 11.6 Å². The molecule has 0 aliphatic heterocycles. The van der Waals surface area contributed by atoms with Gasteiger partial charge in [-0.05, 0) is 36.1 Å². The van der Waals surface area contributed by atoms with E-state index < -0.39 is 11.9 Å². The summed E-state index contributed by atoms with van der Waals surface area (Å²) in [6.07, 6.45) is 0. The summed E-state index contributed by atoms with van der Waals surface area (Å²) in [5.74, 6) is -0.0425. The first-order chi connectivity index (χ1) is 14.9. The third-order valence-electron chi connectivity index (χ3n) is 4.61. The minimum absolute atomic E-state index is 0.234. The highest BCUT2D eigenvalue weighted by Gasteiger charge is 2.23. The zero-order chi connectivity index (χ0) is 22.4. The van der Waals surface area contributed by atoms with Crippen molar-refractivity contribution in [1.82, 2.24) is 0 Å². The van der Waals surface area contributed by atoms with Crippen LogP contribution in [0.25, 0.3) is 11.1 Å². The van der Waals surface area contributed by atoms with Crippen molar-refractivity contribution in [2.45, 2.75) is 26.7 Å². The maximum Gasteiger partial charge on any atom is 0.341 e. The highest BCUT2D eigenvalue weighted by Crippen LogP contribution is 2.37. The van der Waals surface area contributed by atoms with Gasteiger partial charge in [-0.25, -0.2) is 4.79 Å². The maximum absolute atomic E-state index is 12.7. The molecule has 0 radical (unpaired) electrons. The van der Waals surface area contributed by atoms with Crippen molar-refractivity contribution in [2.24, 2.45) is 0 Å². The van der Waals surface area contributed by atoms with Gasteiger partial charge in [0.2, 0.25) is 0 Å². The molecule has 0 unspecified atom stereocenters. The number of anilines is 1. The molecule has 1 heterocycles. The minimum Gasteiger partial charge on any atom is -0.482 e. The smallest absolute Gasteiger partial charge is 0.341 e. The molecule has 5 nitrogen and oxygen atoms in total. The van der Waals surface area contributed by atoms with E-state index in [9.17, 15) is 9.59 Å². The Morgan fingerprint density at radius 3 is 2.45 bits per heavy atom. The first-order valence-electron chi connectivity index (χ1n) is 9.96. The molecule has 0 spiro atoms. The van der Waals surface area contributed by atoms with Gasteiger partial charge in [0.1, 0.15) is 16.3 Å². The number of ether oxygens (including phenoxy) is 2. The Hall–Kier alpha value is -2.83. The fraction of sp³-hybridized carbons (Fsp3) is 0.250. The van der Waals surface area contributed by atoms with Crippen LogP contribution in [0.4, 0.5) is 5.00 Å². The summed E-state index contributed by atoms with van der Waals surface area (Å²) in [5.41, 5.74) is 3.16. The number of carbonyl (C=O) groups excluding carboxylic acids is 2. The van der Waals surface area contributed by atoms with Crippen LogP contribution in [0.15, 0.2) is 53.9 Å². The van der Waals surface area contributed by atoms with E-state index in [0.717, 1.165) is 11.1 Å². The van der Waals surface area contributed by atoms with Crippen LogP contribution in [0.2, 0.25) is 5.02 Å². The normalized spacial score (nSPS) is 10.7. The number of nitrogens with one attached hydrogen (secondary N) is 1. The minimum atomic E-state index is -0.478. The van der Waals surface area contributed by atoms with Crippen LogP contribution in [-0.4, -0.2) is 25.1 Å². The summed E-state index contributed by atoms with van der Waals surface area (Å²) >= 11 is 7.33. The lowest BCUT2D eigenvalue weighted by molar-refractivity contribution is -0.118. The van der Waals surface area contributed by atoms with E-state index in [-0.39, 0.29) is 13.2 Å². The van der Waals surface area contributed by atoms with E-state index in [2.05, 4.69) is 19.2 Å². The number of rotatable bonds is 8. The third-order valence-corrected chi connectivity index (χ3v) is 5.81. The Morgan fingerprint density at radius 2 is 1.81 bits per heavy atom. The number of carbonyl (C=O) groups is 2. The quantitative estimate of drug-likeness (QED) is 0.398. The summed E-state index contributed by atoms with van der Waals surface area (Å²) in [6, 6.07) is 15.0.